The molecular formula is C15H22FNO3S. The zero-order valence-corrected chi connectivity index (χ0v) is 13.1. The zero-order chi connectivity index (χ0) is 15.3. The maximum Gasteiger partial charge on any atom is 0.217 e. The summed E-state index contributed by atoms with van der Waals surface area (Å²) in [6, 6.07) is 5.94. The highest BCUT2D eigenvalue weighted by molar-refractivity contribution is 7.89. The number of nitrogens with zero attached hydrogens (tertiary/aromatic N) is 1. The number of halogens is 1. The minimum atomic E-state index is -3.36. The molecule has 0 unspecified atom stereocenters. The fourth-order valence-electron chi connectivity index (χ4n) is 2.52. The lowest BCUT2D eigenvalue weighted by Crippen LogP contribution is -2.41. The number of hydrogen-bond donors (Lipinski definition) is 0. The first kappa shape index (κ1) is 16.4. The Bertz CT molecular complexity index is 562. The Morgan fingerprint density at radius 2 is 2.24 bits per heavy atom. The third-order valence-electron chi connectivity index (χ3n) is 3.68. The molecule has 1 saturated heterocycles. The molecule has 1 aromatic carbocycles. The van der Waals surface area contributed by atoms with Crippen LogP contribution in [0.25, 0.3) is 0 Å². The van der Waals surface area contributed by atoms with E-state index < -0.39 is 10.0 Å². The summed E-state index contributed by atoms with van der Waals surface area (Å²) in [6.45, 7) is 2.92. The van der Waals surface area contributed by atoms with E-state index in [0.717, 1.165) is 19.3 Å². The van der Waals surface area contributed by atoms with Gasteiger partial charge in [0.2, 0.25) is 10.0 Å². The first-order valence-electron chi connectivity index (χ1n) is 7.34. The standard InChI is InChI=1S/C15H22FNO3S/c1-2-3-7-15-12-20-8-9-21(18,19)17(15)11-13-5-4-6-14(16)10-13/h4-6,10,15H,2-3,7-9,11-12H2,1H3/t15-/m0/s1. The Hall–Kier alpha value is -0.980. The molecule has 1 aliphatic heterocycles. The van der Waals surface area contributed by atoms with E-state index in [2.05, 4.69) is 6.92 Å². The largest absolute Gasteiger partial charge is 0.379 e. The molecule has 0 bridgehead atoms. The van der Waals surface area contributed by atoms with Crippen molar-refractivity contribution in [2.24, 2.45) is 0 Å². The summed E-state index contributed by atoms with van der Waals surface area (Å²) >= 11 is 0. The van der Waals surface area contributed by atoms with Crippen molar-refractivity contribution in [2.45, 2.75) is 38.8 Å². The van der Waals surface area contributed by atoms with Gasteiger partial charge in [-0.3, -0.25) is 0 Å². The molecule has 1 fully saturated rings. The summed E-state index contributed by atoms with van der Waals surface area (Å²) in [5, 5.41) is 0. The van der Waals surface area contributed by atoms with E-state index in [-0.39, 0.29) is 30.8 Å². The molecule has 0 N–H and O–H groups in total. The first-order chi connectivity index (χ1) is 10.0. The molecule has 1 atom stereocenters. The molecular weight excluding hydrogens is 293 g/mol. The average molecular weight is 315 g/mol. The van der Waals surface area contributed by atoms with Gasteiger partial charge in [-0.05, 0) is 24.1 Å². The number of hydrogen-bond acceptors (Lipinski definition) is 3. The quantitative estimate of drug-likeness (QED) is 0.839. The van der Waals surface area contributed by atoms with Crippen LogP contribution in [-0.4, -0.2) is 37.7 Å². The second kappa shape index (κ2) is 7.33. The molecule has 21 heavy (non-hydrogen) atoms. The van der Waals surface area contributed by atoms with Crippen molar-refractivity contribution < 1.29 is 17.5 Å². The van der Waals surface area contributed by atoms with E-state index in [1.807, 2.05) is 0 Å². The second-order valence-electron chi connectivity index (χ2n) is 5.36. The van der Waals surface area contributed by atoms with Crippen LogP contribution in [0.3, 0.4) is 0 Å². The van der Waals surface area contributed by atoms with Crippen LogP contribution in [-0.2, 0) is 21.3 Å². The highest BCUT2D eigenvalue weighted by Crippen LogP contribution is 2.21. The summed E-state index contributed by atoms with van der Waals surface area (Å²) in [7, 11) is -3.36. The number of sulfonamides is 1. The molecule has 0 aliphatic carbocycles. The van der Waals surface area contributed by atoms with Gasteiger partial charge in [0.1, 0.15) is 5.82 Å². The van der Waals surface area contributed by atoms with Gasteiger partial charge < -0.3 is 4.74 Å². The van der Waals surface area contributed by atoms with Gasteiger partial charge in [-0.2, -0.15) is 4.31 Å². The van der Waals surface area contributed by atoms with Gasteiger partial charge in [0.05, 0.1) is 19.0 Å². The van der Waals surface area contributed by atoms with Gasteiger partial charge in [-0.15, -0.1) is 0 Å². The van der Waals surface area contributed by atoms with Gasteiger partial charge in [-0.25, -0.2) is 12.8 Å². The summed E-state index contributed by atoms with van der Waals surface area (Å²) in [5.41, 5.74) is 0.668. The topological polar surface area (TPSA) is 46.6 Å². The second-order valence-corrected chi connectivity index (χ2v) is 7.40. The Morgan fingerprint density at radius 3 is 2.95 bits per heavy atom. The van der Waals surface area contributed by atoms with E-state index in [1.54, 1.807) is 12.1 Å². The lowest BCUT2D eigenvalue weighted by Gasteiger charge is -2.28. The number of unbranched alkanes of at least 4 members (excludes halogenated alkanes) is 1. The van der Waals surface area contributed by atoms with Gasteiger partial charge >= 0.3 is 0 Å². The molecule has 0 amide bonds. The molecule has 0 spiro atoms. The normalized spacial score (nSPS) is 22.9. The SMILES string of the molecule is CCCC[C@H]1COCCS(=O)(=O)N1Cc1cccc(F)c1. The van der Waals surface area contributed by atoms with E-state index in [0.29, 0.717) is 12.2 Å². The minimum absolute atomic E-state index is 0.00899. The monoisotopic (exact) mass is 315 g/mol. The van der Waals surface area contributed by atoms with Crippen LogP contribution in [0.5, 0.6) is 0 Å². The van der Waals surface area contributed by atoms with Crippen molar-refractivity contribution in [2.75, 3.05) is 19.0 Å². The number of ether oxygens (including phenoxy) is 1. The molecule has 2 rings (SSSR count). The average Bonchev–Trinajstić information content (AvgIpc) is 2.57. The lowest BCUT2D eigenvalue weighted by molar-refractivity contribution is 0.105. The highest BCUT2D eigenvalue weighted by Gasteiger charge is 2.32. The Labute approximate surface area is 126 Å². The van der Waals surface area contributed by atoms with Crippen LogP contribution in [0.1, 0.15) is 31.7 Å². The van der Waals surface area contributed by atoms with Crippen LogP contribution >= 0.6 is 0 Å². The van der Waals surface area contributed by atoms with Crippen LogP contribution in [0.15, 0.2) is 24.3 Å². The maximum absolute atomic E-state index is 13.3. The summed E-state index contributed by atoms with van der Waals surface area (Å²) in [5.74, 6) is -0.355. The Kier molecular flexibility index (Phi) is 5.72. The van der Waals surface area contributed by atoms with Crippen molar-refractivity contribution in [3.05, 3.63) is 35.6 Å². The molecule has 6 heteroatoms. The maximum atomic E-state index is 13.3. The Morgan fingerprint density at radius 1 is 1.43 bits per heavy atom. The third kappa shape index (κ3) is 4.49. The van der Waals surface area contributed by atoms with Crippen molar-refractivity contribution in [1.29, 1.82) is 0 Å². The molecule has 1 aromatic rings. The third-order valence-corrected chi connectivity index (χ3v) is 5.50. The summed E-state index contributed by atoms with van der Waals surface area (Å²) in [4.78, 5) is 0. The van der Waals surface area contributed by atoms with E-state index in [1.165, 1.54) is 16.4 Å². The van der Waals surface area contributed by atoms with Gasteiger partial charge in [0.15, 0.2) is 0 Å². The minimum Gasteiger partial charge on any atom is -0.379 e. The smallest absolute Gasteiger partial charge is 0.217 e. The molecule has 118 valence electrons. The van der Waals surface area contributed by atoms with Crippen LogP contribution < -0.4 is 0 Å². The first-order valence-corrected chi connectivity index (χ1v) is 8.95. The van der Waals surface area contributed by atoms with Crippen LogP contribution in [0, 0.1) is 5.82 Å². The molecule has 0 aromatic heterocycles. The fourth-order valence-corrected chi connectivity index (χ4v) is 4.05. The fraction of sp³-hybridized carbons (Fsp3) is 0.600. The van der Waals surface area contributed by atoms with Crippen molar-refractivity contribution in [1.82, 2.24) is 4.31 Å². The molecule has 4 nitrogen and oxygen atoms in total. The van der Waals surface area contributed by atoms with Crippen molar-refractivity contribution >= 4 is 10.0 Å². The van der Waals surface area contributed by atoms with E-state index in [9.17, 15) is 12.8 Å². The van der Waals surface area contributed by atoms with Gasteiger partial charge in [0, 0.05) is 12.6 Å². The predicted octanol–water partition coefficient (Wildman–Crippen LogP) is 2.55. The summed E-state index contributed by atoms with van der Waals surface area (Å²) < 4.78 is 45.1. The lowest BCUT2D eigenvalue weighted by atomic mass is 10.1. The molecule has 0 saturated carbocycles. The van der Waals surface area contributed by atoms with Crippen LogP contribution in [0.4, 0.5) is 4.39 Å². The zero-order valence-electron chi connectivity index (χ0n) is 12.3. The van der Waals surface area contributed by atoms with Crippen molar-refractivity contribution in [3.8, 4) is 0 Å². The number of rotatable bonds is 5. The van der Waals surface area contributed by atoms with Crippen molar-refractivity contribution in [3.63, 3.8) is 0 Å². The summed E-state index contributed by atoms with van der Waals surface area (Å²) in [6.07, 6.45) is 2.72. The Balaban J connectivity index is 2.23. The highest BCUT2D eigenvalue weighted by atomic mass is 32.2. The van der Waals surface area contributed by atoms with E-state index >= 15 is 0 Å². The molecule has 0 radical (unpaired) electrons. The molecule has 1 heterocycles. The van der Waals surface area contributed by atoms with E-state index in [4.69, 9.17) is 4.74 Å². The predicted molar refractivity (Wildman–Crippen MR) is 79.9 cm³/mol. The number of benzene rings is 1. The molecule has 1 aliphatic rings. The van der Waals surface area contributed by atoms with Crippen LogP contribution in [0.2, 0.25) is 0 Å². The van der Waals surface area contributed by atoms with Gasteiger partial charge in [-0.1, -0.05) is 31.9 Å². The van der Waals surface area contributed by atoms with Gasteiger partial charge in [0.25, 0.3) is 0 Å².